The summed E-state index contributed by atoms with van der Waals surface area (Å²) in [5.41, 5.74) is 1.89. The Hall–Kier alpha value is -2.49. The summed E-state index contributed by atoms with van der Waals surface area (Å²) in [4.78, 5) is 17.4. The number of piperazine rings is 1. The molecule has 0 atom stereocenters. The van der Waals surface area contributed by atoms with E-state index in [9.17, 15) is 17.6 Å². The van der Waals surface area contributed by atoms with Crippen molar-refractivity contribution in [3.8, 4) is 0 Å². The molecule has 32 heavy (non-hydrogen) atoms. The van der Waals surface area contributed by atoms with Crippen LogP contribution >= 0.6 is 0 Å². The van der Waals surface area contributed by atoms with E-state index in [1.54, 1.807) is 0 Å². The van der Waals surface area contributed by atoms with Crippen molar-refractivity contribution in [3.05, 3.63) is 54.3 Å². The molecule has 0 aliphatic carbocycles. The van der Waals surface area contributed by atoms with Crippen LogP contribution in [0, 0.1) is 11.7 Å². The third-order valence-corrected chi connectivity index (χ3v) is 8.19. The van der Waals surface area contributed by atoms with Gasteiger partial charge in [-0.05, 0) is 68.4 Å². The molecule has 0 aromatic heterocycles. The summed E-state index contributed by atoms with van der Waals surface area (Å²) in [6.07, 6.45) is 0.900. The van der Waals surface area contributed by atoms with Gasteiger partial charge in [0.15, 0.2) is 0 Å². The number of likely N-dealkylation sites (N-methyl/N-ethyl adjacent to an activating group) is 1. The van der Waals surface area contributed by atoms with Crippen molar-refractivity contribution in [2.45, 2.75) is 17.7 Å². The summed E-state index contributed by atoms with van der Waals surface area (Å²) in [6, 6.07) is 12.7. The minimum absolute atomic E-state index is 0.0715. The van der Waals surface area contributed by atoms with Crippen molar-refractivity contribution in [2.24, 2.45) is 5.92 Å². The molecule has 4 rings (SSSR count). The van der Waals surface area contributed by atoms with Crippen LogP contribution in [-0.2, 0) is 14.8 Å². The summed E-state index contributed by atoms with van der Waals surface area (Å²) in [6.45, 7) is 4.58. The third-order valence-electron chi connectivity index (χ3n) is 6.28. The van der Waals surface area contributed by atoms with Crippen LogP contribution in [0.2, 0.25) is 0 Å². The van der Waals surface area contributed by atoms with Crippen molar-refractivity contribution < 1.29 is 17.6 Å². The number of anilines is 2. The Morgan fingerprint density at radius 2 is 1.50 bits per heavy atom. The number of amides is 1. The molecule has 0 unspecified atom stereocenters. The molecule has 2 aromatic carbocycles. The molecule has 2 heterocycles. The van der Waals surface area contributed by atoms with Gasteiger partial charge in [0.2, 0.25) is 15.9 Å². The fourth-order valence-corrected chi connectivity index (χ4v) is 5.65. The molecule has 1 amide bonds. The van der Waals surface area contributed by atoms with E-state index < -0.39 is 15.8 Å². The summed E-state index contributed by atoms with van der Waals surface area (Å²) in [5, 5.41) is 2.97. The van der Waals surface area contributed by atoms with Crippen LogP contribution in [-0.4, -0.2) is 69.8 Å². The van der Waals surface area contributed by atoms with Crippen LogP contribution in [0.15, 0.2) is 53.4 Å². The fourth-order valence-electron chi connectivity index (χ4n) is 4.18. The number of hydrogen-bond acceptors (Lipinski definition) is 5. The zero-order valence-corrected chi connectivity index (χ0v) is 19.0. The summed E-state index contributed by atoms with van der Waals surface area (Å²) < 4.78 is 40.0. The Bertz CT molecular complexity index is 1030. The molecule has 172 valence electrons. The Morgan fingerprint density at radius 1 is 0.906 bits per heavy atom. The van der Waals surface area contributed by atoms with E-state index in [2.05, 4.69) is 22.2 Å². The average Bonchev–Trinajstić information content (AvgIpc) is 2.80. The first-order valence-corrected chi connectivity index (χ1v) is 12.4. The van der Waals surface area contributed by atoms with Crippen LogP contribution in [0.4, 0.5) is 15.8 Å². The molecule has 2 fully saturated rings. The summed E-state index contributed by atoms with van der Waals surface area (Å²) >= 11 is 0. The normalized spacial score (nSPS) is 19.1. The lowest BCUT2D eigenvalue weighted by Gasteiger charge is -2.34. The second kappa shape index (κ2) is 9.56. The molecule has 0 spiro atoms. The minimum Gasteiger partial charge on any atom is -0.369 e. The lowest BCUT2D eigenvalue weighted by Crippen LogP contribution is -2.44. The van der Waals surface area contributed by atoms with Crippen molar-refractivity contribution in [2.75, 3.05) is 56.5 Å². The summed E-state index contributed by atoms with van der Waals surface area (Å²) in [5.74, 6) is -0.806. The molecule has 2 aliphatic heterocycles. The van der Waals surface area contributed by atoms with Crippen LogP contribution < -0.4 is 10.2 Å². The Labute approximate surface area is 188 Å². The van der Waals surface area contributed by atoms with Gasteiger partial charge in [-0.15, -0.1) is 0 Å². The first-order chi connectivity index (χ1) is 15.3. The highest BCUT2D eigenvalue weighted by Gasteiger charge is 2.32. The number of halogens is 1. The highest BCUT2D eigenvalue weighted by atomic mass is 32.2. The van der Waals surface area contributed by atoms with Gasteiger partial charge in [0, 0.05) is 56.6 Å². The lowest BCUT2D eigenvalue weighted by atomic mass is 9.97. The van der Waals surface area contributed by atoms with Crippen LogP contribution in [0.1, 0.15) is 12.8 Å². The fraction of sp³-hybridized carbons (Fsp3) is 0.435. The largest absolute Gasteiger partial charge is 0.369 e. The molecule has 2 aromatic rings. The van der Waals surface area contributed by atoms with Crippen LogP contribution in [0.25, 0.3) is 0 Å². The molecule has 1 N–H and O–H groups in total. The van der Waals surface area contributed by atoms with Crippen molar-refractivity contribution in [3.63, 3.8) is 0 Å². The number of carbonyl (C=O) groups excluding carboxylic acids is 1. The Morgan fingerprint density at radius 3 is 2.09 bits per heavy atom. The molecule has 0 bridgehead atoms. The molecular weight excluding hydrogens is 431 g/mol. The molecule has 9 heteroatoms. The first kappa shape index (κ1) is 22.7. The average molecular weight is 461 g/mol. The van der Waals surface area contributed by atoms with Gasteiger partial charge in [0.1, 0.15) is 5.82 Å². The predicted molar refractivity (Wildman–Crippen MR) is 123 cm³/mol. The minimum atomic E-state index is -3.68. The molecular formula is C23H29FN4O3S. The number of nitrogens with one attached hydrogen (secondary N) is 1. The third kappa shape index (κ3) is 5.11. The second-order valence-electron chi connectivity index (χ2n) is 8.46. The monoisotopic (exact) mass is 460 g/mol. The summed E-state index contributed by atoms with van der Waals surface area (Å²) in [7, 11) is -1.55. The van der Waals surface area contributed by atoms with Gasteiger partial charge >= 0.3 is 0 Å². The van der Waals surface area contributed by atoms with Crippen molar-refractivity contribution in [1.82, 2.24) is 9.21 Å². The molecule has 0 radical (unpaired) electrons. The standard InChI is InChI=1S/C23H29FN4O3S/c1-26-14-16-27(17-15-26)21-6-4-20(5-7-21)25-23(29)18-10-12-28(13-11-18)32(30,31)22-8-2-19(24)3-9-22/h2-9,18H,10-17H2,1H3,(H,25,29). The van der Waals surface area contributed by atoms with Crippen LogP contribution in [0.3, 0.4) is 0 Å². The first-order valence-electron chi connectivity index (χ1n) is 10.9. The van der Waals surface area contributed by atoms with Gasteiger partial charge in [-0.25, -0.2) is 12.8 Å². The number of benzene rings is 2. The Kier molecular flexibility index (Phi) is 6.78. The topological polar surface area (TPSA) is 73.0 Å². The van der Waals surface area contributed by atoms with E-state index in [1.165, 1.54) is 16.4 Å². The zero-order chi connectivity index (χ0) is 22.7. The smallest absolute Gasteiger partial charge is 0.243 e. The van der Waals surface area contributed by atoms with Gasteiger partial charge in [-0.2, -0.15) is 4.31 Å². The highest BCUT2D eigenvalue weighted by molar-refractivity contribution is 7.89. The van der Waals surface area contributed by atoms with E-state index in [-0.39, 0.29) is 29.8 Å². The maximum atomic E-state index is 13.1. The SMILES string of the molecule is CN1CCN(c2ccc(NC(=O)C3CCN(S(=O)(=O)c4ccc(F)cc4)CC3)cc2)CC1. The number of rotatable bonds is 5. The number of piperidine rings is 1. The quantitative estimate of drug-likeness (QED) is 0.743. The van der Waals surface area contributed by atoms with E-state index in [4.69, 9.17) is 0 Å². The van der Waals surface area contributed by atoms with Gasteiger partial charge in [-0.3, -0.25) is 4.79 Å². The van der Waals surface area contributed by atoms with E-state index in [0.29, 0.717) is 12.8 Å². The van der Waals surface area contributed by atoms with Gasteiger partial charge < -0.3 is 15.1 Å². The predicted octanol–water partition coefficient (Wildman–Crippen LogP) is 2.62. The highest BCUT2D eigenvalue weighted by Crippen LogP contribution is 2.26. The van der Waals surface area contributed by atoms with E-state index in [1.807, 2.05) is 24.3 Å². The van der Waals surface area contributed by atoms with Gasteiger partial charge in [0.05, 0.1) is 4.90 Å². The molecule has 7 nitrogen and oxygen atoms in total. The van der Waals surface area contributed by atoms with E-state index in [0.717, 1.165) is 49.7 Å². The molecule has 0 saturated carbocycles. The number of hydrogen-bond donors (Lipinski definition) is 1. The van der Waals surface area contributed by atoms with Crippen LogP contribution in [0.5, 0.6) is 0 Å². The number of sulfonamides is 1. The van der Waals surface area contributed by atoms with Crippen molar-refractivity contribution in [1.29, 1.82) is 0 Å². The van der Waals surface area contributed by atoms with E-state index >= 15 is 0 Å². The van der Waals surface area contributed by atoms with Gasteiger partial charge in [0.25, 0.3) is 0 Å². The second-order valence-corrected chi connectivity index (χ2v) is 10.4. The zero-order valence-electron chi connectivity index (χ0n) is 18.2. The number of nitrogens with zero attached hydrogens (tertiary/aromatic N) is 3. The lowest BCUT2D eigenvalue weighted by molar-refractivity contribution is -0.120. The van der Waals surface area contributed by atoms with Gasteiger partial charge in [-0.1, -0.05) is 0 Å². The molecule has 2 saturated heterocycles. The molecule has 2 aliphatic rings. The van der Waals surface area contributed by atoms with Crippen molar-refractivity contribution >= 4 is 27.3 Å². The number of carbonyl (C=O) groups is 1. The Balaban J connectivity index is 1.30. The maximum absolute atomic E-state index is 13.1. The maximum Gasteiger partial charge on any atom is 0.243 e.